The number of carbonyl (C=O) groups excluding carboxylic acids is 3. The number of imide groups is 1. The molecule has 1 atom stereocenters. The number of likely N-dealkylation sites (N-methyl/N-ethyl adjacent to an activating group) is 2. The van der Waals surface area contributed by atoms with Crippen molar-refractivity contribution < 1.29 is 32.6 Å². The number of amidine groups is 1. The van der Waals surface area contributed by atoms with Gasteiger partial charge in [0.1, 0.15) is 18.1 Å². The molecule has 11 heteroatoms. The Balaban J connectivity index is 1.35. The van der Waals surface area contributed by atoms with Crippen LogP contribution in [-0.2, 0) is 20.9 Å². The second-order valence-corrected chi connectivity index (χ2v) is 6.77. The van der Waals surface area contributed by atoms with Crippen molar-refractivity contribution in [3.63, 3.8) is 0 Å². The first-order chi connectivity index (χ1) is 14.3. The van der Waals surface area contributed by atoms with E-state index in [0.717, 1.165) is 4.90 Å². The van der Waals surface area contributed by atoms with Crippen molar-refractivity contribution >= 4 is 30.1 Å². The molecule has 30 heavy (non-hydrogen) atoms. The molecule has 3 heterocycles. The van der Waals surface area contributed by atoms with Crippen LogP contribution < -0.4 is 0 Å². The fraction of sp³-hybridized carbons (Fsp3) is 0.263. The van der Waals surface area contributed by atoms with E-state index in [9.17, 15) is 18.8 Å². The molecular weight excluding hydrogens is 397 g/mol. The van der Waals surface area contributed by atoms with Gasteiger partial charge in [-0.25, -0.2) is 18.6 Å². The van der Waals surface area contributed by atoms with Crippen molar-refractivity contribution in [3.05, 3.63) is 41.8 Å². The van der Waals surface area contributed by atoms with Crippen LogP contribution in [0.25, 0.3) is 11.3 Å². The number of carbonyl (C=O) groups is 3. The summed E-state index contributed by atoms with van der Waals surface area (Å²) in [6, 6.07) is 5.94. The average Bonchev–Trinajstić information content (AvgIpc) is 3.37. The number of hydrogen-bond donors (Lipinski definition) is 0. The molecule has 0 aliphatic carbocycles. The number of nitrogens with zero attached hydrogens (tertiary/aromatic N) is 5. The van der Waals surface area contributed by atoms with E-state index in [-0.39, 0.29) is 24.8 Å². The minimum Gasteiger partial charge on any atom is -0.456 e. The molecule has 2 aliphatic heterocycles. The van der Waals surface area contributed by atoms with E-state index in [1.165, 1.54) is 42.0 Å². The number of amides is 3. The lowest BCUT2D eigenvalue weighted by molar-refractivity contribution is -0.521. The van der Waals surface area contributed by atoms with E-state index < -0.39 is 23.9 Å². The SMILES string of the molecule is CN1C(=O)C2C(=NC=[N+]2CC(=O)OCc2cc(-c3ccc(F)cc3)on2)N(C)C1=O. The summed E-state index contributed by atoms with van der Waals surface area (Å²) in [6.07, 6.45) is 1.34. The highest BCUT2D eigenvalue weighted by Crippen LogP contribution is 2.21. The summed E-state index contributed by atoms with van der Waals surface area (Å²) >= 11 is 0. The first-order valence-corrected chi connectivity index (χ1v) is 8.94. The molecule has 0 bridgehead atoms. The Hall–Kier alpha value is -3.89. The van der Waals surface area contributed by atoms with Gasteiger partial charge in [-0.05, 0) is 29.3 Å². The van der Waals surface area contributed by atoms with Crippen molar-refractivity contribution in [1.82, 2.24) is 15.0 Å². The standard InChI is InChI=1S/C19H17FN5O5/c1-23-17-16(18(27)24(2)19(23)28)25(10-21-17)8-15(26)29-9-13-7-14(30-22-13)11-3-5-12(20)6-4-11/h3-7,10,16H,8-9H2,1-2H3/q+1. The van der Waals surface area contributed by atoms with Gasteiger partial charge in [-0.2, -0.15) is 0 Å². The molecule has 1 saturated heterocycles. The van der Waals surface area contributed by atoms with Gasteiger partial charge >= 0.3 is 12.0 Å². The van der Waals surface area contributed by atoms with Gasteiger partial charge in [0.25, 0.3) is 24.1 Å². The molecule has 0 saturated carbocycles. The van der Waals surface area contributed by atoms with Crippen molar-refractivity contribution in [3.8, 4) is 11.3 Å². The molecule has 3 amide bonds. The first kappa shape index (κ1) is 19.4. The molecule has 154 valence electrons. The van der Waals surface area contributed by atoms with Gasteiger partial charge in [0.2, 0.25) is 0 Å². The largest absolute Gasteiger partial charge is 0.456 e. The number of urea groups is 1. The molecule has 1 fully saturated rings. The molecule has 0 N–H and O–H groups in total. The lowest BCUT2D eigenvalue weighted by Gasteiger charge is -2.30. The summed E-state index contributed by atoms with van der Waals surface area (Å²) < 4.78 is 24.8. The molecule has 4 rings (SSSR count). The van der Waals surface area contributed by atoms with Crippen LogP contribution in [0.4, 0.5) is 9.18 Å². The molecule has 2 aliphatic rings. The number of benzene rings is 1. The highest BCUT2D eigenvalue weighted by Gasteiger charge is 2.50. The zero-order valence-corrected chi connectivity index (χ0v) is 16.1. The monoisotopic (exact) mass is 414 g/mol. The van der Waals surface area contributed by atoms with E-state index in [4.69, 9.17) is 9.26 Å². The minimum absolute atomic E-state index is 0.137. The topological polar surface area (TPSA) is 108 Å². The fourth-order valence-corrected chi connectivity index (χ4v) is 3.15. The zero-order valence-electron chi connectivity index (χ0n) is 16.1. The Labute approximate surface area is 169 Å². The summed E-state index contributed by atoms with van der Waals surface area (Å²) in [5.41, 5.74) is 1.01. The minimum atomic E-state index is -0.859. The Morgan fingerprint density at radius 3 is 2.70 bits per heavy atom. The number of esters is 1. The second kappa shape index (κ2) is 7.50. The number of rotatable bonds is 5. The number of hydrogen-bond acceptors (Lipinski definition) is 7. The zero-order chi connectivity index (χ0) is 21.4. The normalized spacial score (nSPS) is 18.3. The van der Waals surface area contributed by atoms with Crippen LogP contribution in [0.3, 0.4) is 0 Å². The van der Waals surface area contributed by atoms with Gasteiger partial charge in [0.15, 0.2) is 12.3 Å². The Bertz CT molecular complexity index is 1090. The molecule has 0 spiro atoms. The van der Waals surface area contributed by atoms with Crippen molar-refractivity contribution in [2.45, 2.75) is 12.6 Å². The first-order valence-electron chi connectivity index (χ1n) is 8.94. The summed E-state index contributed by atoms with van der Waals surface area (Å²) in [6.45, 7) is -0.371. The number of halogens is 1. The van der Waals surface area contributed by atoms with Gasteiger partial charge in [-0.3, -0.25) is 14.6 Å². The molecule has 1 unspecified atom stereocenters. The van der Waals surface area contributed by atoms with Crippen LogP contribution in [-0.4, -0.2) is 76.3 Å². The van der Waals surface area contributed by atoms with E-state index in [2.05, 4.69) is 10.1 Å². The van der Waals surface area contributed by atoms with Gasteiger partial charge < -0.3 is 9.26 Å². The molecule has 10 nitrogen and oxygen atoms in total. The number of aliphatic imine (C=N–C) groups is 1. The van der Waals surface area contributed by atoms with Crippen LogP contribution in [0.1, 0.15) is 5.69 Å². The quantitative estimate of drug-likeness (QED) is 0.531. The summed E-state index contributed by atoms with van der Waals surface area (Å²) in [7, 11) is 2.88. The van der Waals surface area contributed by atoms with Gasteiger partial charge in [0.05, 0.1) is 0 Å². The predicted octanol–water partition coefficient (Wildman–Crippen LogP) is 0.869. The molecule has 1 aromatic heterocycles. The van der Waals surface area contributed by atoms with Crippen LogP contribution in [0.15, 0.2) is 39.8 Å². The third kappa shape index (κ3) is 3.45. The van der Waals surface area contributed by atoms with Crippen molar-refractivity contribution in [2.24, 2.45) is 4.99 Å². The average molecular weight is 414 g/mol. The van der Waals surface area contributed by atoms with E-state index in [1.807, 2.05) is 0 Å². The summed E-state index contributed by atoms with van der Waals surface area (Å²) in [5, 5.41) is 3.83. The van der Waals surface area contributed by atoms with E-state index in [0.29, 0.717) is 17.0 Å². The predicted molar refractivity (Wildman–Crippen MR) is 100 cm³/mol. The molecule has 1 aromatic carbocycles. The second-order valence-electron chi connectivity index (χ2n) is 6.77. The highest BCUT2D eigenvalue weighted by atomic mass is 19.1. The fourth-order valence-electron chi connectivity index (χ4n) is 3.15. The number of aromatic nitrogens is 1. The van der Waals surface area contributed by atoms with Gasteiger partial charge in [-0.15, -0.1) is 0 Å². The third-order valence-electron chi connectivity index (χ3n) is 4.78. The van der Waals surface area contributed by atoms with E-state index in [1.54, 1.807) is 18.2 Å². The lowest BCUT2D eigenvalue weighted by atomic mass is 10.1. The Morgan fingerprint density at radius 2 is 1.97 bits per heavy atom. The van der Waals surface area contributed by atoms with Crippen molar-refractivity contribution in [1.29, 1.82) is 0 Å². The number of fused-ring (bicyclic) bond motifs is 1. The Kier molecular flexibility index (Phi) is 4.86. The summed E-state index contributed by atoms with van der Waals surface area (Å²) in [4.78, 5) is 43.0. The lowest BCUT2D eigenvalue weighted by Crippen LogP contribution is -2.61. The van der Waals surface area contributed by atoms with Crippen LogP contribution in [0.5, 0.6) is 0 Å². The molecule has 0 radical (unpaired) electrons. The van der Waals surface area contributed by atoms with Crippen molar-refractivity contribution in [2.75, 3.05) is 20.6 Å². The van der Waals surface area contributed by atoms with Crippen LogP contribution in [0.2, 0.25) is 0 Å². The van der Waals surface area contributed by atoms with Crippen LogP contribution in [0, 0.1) is 5.82 Å². The molecule has 2 aromatic rings. The van der Waals surface area contributed by atoms with Gasteiger partial charge in [-0.1, -0.05) is 5.16 Å². The highest BCUT2D eigenvalue weighted by molar-refractivity contribution is 6.21. The molecular formula is C19H17FN5O5+. The van der Waals surface area contributed by atoms with Gasteiger partial charge in [0, 0.05) is 25.7 Å². The number of ether oxygens (including phenoxy) is 1. The smallest absolute Gasteiger partial charge is 0.348 e. The maximum absolute atomic E-state index is 13.0. The van der Waals surface area contributed by atoms with E-state index >= 15 is 0 Å². The van der Waals surface area contributed by atoms with Crippen LogP contribution >= 0.6 is 0 Å². The Morgan fingerprint density at radius 1 is 1.23 bits per heavy atom. The summed E-state index contributed by atoms with van der Waals surface area (Å²) in [5.74, 6) is -0.772. The maximum Gasteiger partial charge on any atom is 0.348 e. The third-order valence-corrected chi connectivity index (χ3v) is 4.78. The maximum atomic E-state index is 13.0.